The van der Waals surface area contributed by atoms with Gasteiger partial charge in [0, 0.05) is 0 Å². The minimum absolute atomic E-state index is 0.171. The molecule has 0 saturated heterocycles. The van der Waals surface area contributed by atoms with Gasteiger partial charge in [-0.25, -0.2) is 4.68 Å². The van der Waals surface area contributed by atoms with Gasteiger partial charge in [0.15, 0.2) is 0 Å². The minimum atomic E-state index is -0.171. The Kier molecular flexibility index (Phi) is 3.57. The number of hydrogen-bond donors (Lipinski definition) is 1. The smallest absolute Gasteiger partial charge is 0.255 e. The summed E-state index contributed by atoms with van der Waals surface area (Å²) in [7, 11) is 0. The van der Waals surface area contributed by atoms with Gasteiger partial charge in [0.2, 0.25) is 0 Å². The lowest BCUT2D eigenvalue weighted by Gasteiger charge is -2.00. The van der Waals surface area contributed by atoms with Crippen molar-refractivity contribution in [3.8, 4) is 5.00 Å². The van der Waals surface area contributed by atoms with Gasteiger partial charge < -0.3 is 9.73 Å². The van der Waals surface area contributed by atoms with Crippen molar-refractivity contribution in [1.82, 2.24) is 20.3 Å². The fourth-order valence-corrected chi connectivity index (χ4v) is 2.66. The first kappa shape index (κ1) is 13.6. The molecule has 0 aliphatic carbocycles. The van der Waals surface area contributed by atoms with Crippen molar-refractivity contribution >= 4 is 17.2 Å². The summed E-state index contributed by atoms with van der Waals surface area (Å²) in [5.74, 6) is 1.17. The number of nitrogens with zero attached hydrogens (tertiary/aromatic N) is 3. The molecule has 21 heavy (non-hydrogen) atoms. The second-order valence-electron chi connectivity index (χ2n) is 4.62. The van der Waals surface area contributed by atoms with Crippen LogP contribution in [-0.4, -0.2) is 20.9 Å². The number of nitrogens with one attached hydrogen (secondary N) is 1. The van der Waals surface area contributed by atoms with Gasteiger partial charge in [-0.2, -0.15) is 0 Å². The lowest BCUT2D eigenvalue weighted by molar-refractivity contribution is 0.0949. The summed E-state index contributed by atoms with van der Waals surface area (Å²) < 4.78 is 7.04. The molecule has 0 atom stereocenters. The molecule has 0 unspecified atom stereocenters. The topological polar surface area (TPSA) is 73.0 Å². The fraction of sp³-hybridized carbons (Fsp3) is 0.214. The Morgan fingerprint density at radius 2 is 2.33 bits per heavy atom. The number of carbonyl (C=O) groups is 1. The minimum Gasteiger partial charge on any atom is -0.466 e. The molecule has 108 valence electrons. The molecule has 3 heterocycles. The fourth-order valence-electron chi connectivity index (χ4n) is 2.01. The molecule has 1 N–H and O–H groups in total. The normalized spacial score (nSPS) is 10.8. The van der Waals surface area contributed by atoms with E-state index in [9.17, 15) is 4.79 Å². The Bertz CT molecular complexity index is 758. The molecule has 3 aromatic rings. The second-order valence-corrected chi connectivity index (χ2v) is 5.54. The van der Waals surface area contributed by atoms with Crippen LogP contribution in [0.3, 0.4) is 0 Å². The molecule has 0 bridgehead atoms. The van der Waals surface area contributed by atoms with E-state index in [0.717, 1.165) is 10.8 Å². The van der Waals surface area contributed by atoms with Crippen LogP contribution in [0.25, 0.3) is 5.00 Å². The number of aryl methyl sites for hydroxylation is 2. The molecular formula is C14H14N4O2S. The number of hydrogen-bond acceptors (Lipinski definition) is 5. The van der Waals surface area contributed by atoms with Gasteiger partial charge in [0.1, 0.15) is 22.2 Å². The number of amides is 1. The van der Waals surface area contributed by atoms with E-state index in [1.165, 1.54) is 0 Å². The predicted molar refractivity (Wildman–Crippen MR) is 78.6 cm³/mol. The van der Waals surface area contributed by atoms with Crippen molar-refractivity contribution in [1.29, 1.82) is 0 Å². The molecule has 3 rings (SSSR count). The van der Waals surface area contributed by atoms with Crippen LogP contribution in [0.1, 0.15) is 27.6 Å². The molecule has 3 aromatic heterocycles. The van der Waals surface area contributed by atoms with Crippen molar-refractivity contribution in [2.75, 3.05) is 0 Å². The molecule has 0 radical (unpaired) electrons. The van der Waals surface area contributed by atoms with Gasteiger partial charge in [-0.3, -0.25) is 4.79 Å². The van der Waals surface area contributed by atoms with Gasteiger partial charge in [0.25, 0.3) is 5.91 Å². The third-order valence-electron chi connectivity index (χ3n) is 2.99. The van der Waals surface area contributed by atoms with E-state index >= 15 is 0 Å². The number of rotatable bonds is 4. The summed E-state index contributed by atoms with van der Waals surface area (Å²) in [6, 6.07) is 5.64. The summed E-state index contributed by atoms with van der Waals surface area (Å²) in [6.45, 7) is 3.92. The third kappa shape index (κ3) is 2.87. The summed E-state index contributed by atoms with van der Waals surface area (Å²) in [5, 5.41) is 13.9. The van der Waals surface area contributed by atoms with Crippen molar-refractivity contribution < 1.29 is 9.21 Å². The number of thiophene rings is 1. The van der Waals surface area contributed by atoms with Crippen LogP contribution in [0.4, 0.5) is 0 Å². The second kappa shape index (κ2) is 5.53. The monoisotopic (exact) mass is 302 g/mol. The van der Waals surface area contributed by atoms with Crippen molar-refractivity contribution in [3.63, 3.8) is 0 Å². The molecule has 0 fully saturated rings. The maximum Gasteiger partial charge on any atom is 0.255 e. The van der Waals surface area contributed by atoms with E-state index < -0.39 is 0 Å². The standard InChI is InChI=1S/C14H14N4O2S/c1-9-6-12(10(2)20-9)14(19)15-7-11-8-18(17-16-11)13-4-3-5-21-13/h3-6,8H,7H2,1-2H3,(H,15,19). The molecule has 0 saturated carbocycles. The molecular weight excluding hydrogens is 288 g/mol. The lowest BCUT2D eigenvalue weighted by Crippen LogP contribution is -2.23. The quantitative estimate of drug-likeness (QED) is 0.803. The van der Waals surface area contributed by atoms with Gasteiger partial charge in [0.05, 0.1) is 18.3 Å². The Balaban J connectivity index is 1.65. The van der Waals surface area contributed by atoms with Gasteiger partial charge in [-0.05, 0) is 37.4 Å². The van der Waals surface area contributed by atoms with Crippen LogP contribution in [-0.2, 0) is 6.54 Å². The zero-order valence-electron chi connectivity index (χ0n) is 11.7. The van der Waals surface area contributed by atoms with Crippen molar-refractivity contribution in [2.24, 2.45) is 0 Å². The first-order valence-electron chi connectivity index (χ1n) is 6.44. The Hall–Kier alpha value is -2.41. The Labute approximate surface area is 125 Å². The Morgan fingerprint density at radius 1 is 1.48 bits per heavy atom. The highest BCUT2D eigenvalue weighted by atomic mass is 32.1. The molecule has 7 heteroatoms. The zero-order chi connectivity index (χ0) is 14.8. The zero-order valence-corrected chi connectivity index (χ0v) is 12.5. The van der Waals surface area contributed by atoms with Crippen LogP contribution in [0, 0.1) is 13.8 Å². The summed E-state index contributed by atoms with van der Waals surface area (Å²) in [6.07, 6.45) is 1.81. The van der Waals surface area contributed by atoms with E-state index in [2.05, 4.69) is 15.6 Å². The predicted octanol–water partition coefficient (Wildman–Crippen LogP) is 2.47. The molecule has 0 aliphatic rings. The maximum absolute atomic E-state index is 12.1. The average Bonchev–Trinajstić information content (AvgIpc) is 3.15. The van der Waals surface area contributed by atoms with Crippen molar-refractivity contribution in [2.45, 2.75) is 20.4 Å². The number of furan rings is 1. The molecule has 0 spiro atoms. The molecule has 0 aliphatic heterocycles. The number of carbonyl (C=O) groups excluding carboxylic acids is 1. The largest absolute Gasteiger partial charge is 0.466 e. The SMILES string of the molecule is Cc1cc(C(=O)NCc2cn(-c3cccs3)nn2)c(C)o1. The van der Waals surface area contributed by atoms with E-state index in [1.54, 1.807) is 35.2 Å². The van der Waals surface area contributed by atoms with Crippen LogP contribution in [0.5, 0.6) is 0 Å². The van der Waals surface area contributed by atoms with Crippen LogP contribution < -0.4 is 5.32 Å². The summed E-state index contributed by atoms with van der Waals surface area (Å²) >= 11 is 1.58. The highest BCUT2D eigenvalue weighted by Gasteiger charge is 2.13. The van der Waals surface area contributed by atoms with Gasteiger partial charge >= 0.3 is 0 Å². The van der Waals surface area contributed by atoms with E-state index in [-0.39, 0.29) is 5.91 Å². The van der Waals surface area contributed by atoms with Crippen LogP contribution in [0.15, 0.2) is 34.2 Å². The average molecular weight is 302 g/mol. The first-order valence-corrected chi connectivity index (χ1v) is 7.32. The van der Waals surface area contributed by atoms with E-state index in [4.69, 9.17) is 4.42 Å². The summed E-state index contributed by atoms with van der Waals surface area (Å²) in [5.41, 5.74) is 1.26. The van der Waals surface area contributed by atoms with E-state index in [1.807, 2.05) is 24.4 Å². The molecule has 0 aromatic carbocycles. The highest BCUT2D eigenvalue weighted by Crippen LogP contribution is 2.15. The maximum atomic E-state index is 12.1. The summed E-state index contributed by atoms with van der Waals surface area (Å²) in [4.78, 5) is 12.1. The van der Waals surface area contributed by atoms with Crippen LogP contribution >= 0.6 is 11.3 Å². The molecule has 1 amide bonds. The van der Waals surface area contributed by atoms with Gasteiger partial charge in [-0.1, -0.05) is 5.21 Å². The van der Waals surface area contributed by atoms with Crippen molar-refractivity contribution in [3.05, 3.63) is 52.6 Å². The first-order chi connectivity index (χ1) is 10.1. The Morgan fingerprint density at radius 3 is 3.00 bits per heavy atom. The highest BCUT2D eigenvalue weighted by molar-refractivity contribution is 7.12. The van der Waals surface area contributed by atoms with E-state index in [0.29, 0.717) is 23.6 Å². The molecule has 6 nitrogen and oxygen atoms in total. The van der Waals surface area contributed by atoms with Gasteiger partial charge in [-0.15, -0.1) is 16.4 Å². The lowest BCUT2D eigenvalue weighted by atomic mass is 10.2. The van der Waals surface area contributed by atoms with Crippen LogP contribution in [0.2, 0.25) is 0 Å². The number of aromatic nitrogens is 3. The third-order valence-corrected chi connectivity index (χ3v) is 3.85.